The molecule has 1 fully saturated rings. The molecule has 24 heavy (non-hydrogen) atoms. The first-order chi connectivity index (χ1) is 11.6. The van der Waals surface area contributed by atoms with Gasteiger partial charge in [0.1, 0.15) is 0 Å². The van der Waals surface area contributed by atoms with Crippen molar-refractivity contribution in [1.82, 2.24) is 15.0 Å². The molecule has 1 aliphatic rings. The van der Waals surface area contributed by atoms with E-state index in [-0.39, 0.29) is 6.04 Å². The third kappa shape index (κ3) is 4.41. The lowest BCUT2D eigenvalue weighted by atomic mass is 10.1. The van der Waals surface area contributed by atoms with Gasteiger partial charge in [0.05, 0.1) is 6.54 Å². The quantitative estimate of drug-likeness (QED) is 0.875. The van der Waals surface area contributed by atoms with Crippen LogP contribution in [0.1, 0.15) is 31.2 Å². The second-order valence-corrected chi connectivity index (χ2v) is 6.65. The first-order valence-corrected chi connectivity index (χ1v) is 8.57. The third-order valence-corrected chi connectivity index (χ3v) is 4.44. The van der Waals surface area contributed by atoms with E-state index in [0.717, 1.165) is 38.0 Å². The number of nitrogens with two attached hydrogens (primary N) is 1. The van der Waals surface area contributed by atoms with Crippen LogP contribution in [0.5, 0.6) is 0 Å². The third-order valence-electron chi connectivity index (χ3n) is 4.44. The molecule has 0 amide bonds. The highest BCUT2D eigenvalue weighted by Crippen LogP contribution is 2.19. The fourth-order valence-electron chi connectivity index (χ4n) is 3.07. The van der Waals surface area contributed by atoms with E-state index in [4.69, 9.17) is 15.0 Å². The molecule has 2 aromatic rings. The van der Waals surface area contributed by atoms with Gasteiger partial charge in [-0.15, -0.1) is 0 Å². The first kappa shape index (κ1) is 17.1. The van der Waals surface area contributed by atoms with Crippen LogP contribution in [-0.4, -0.2) is 47.4 Å². The minimum atomic E-state index is 0.161. The van der Waals surface area contributed by atoms with Crippen LogP contribution >= 0.6 is 0 Å². The molecule has 1 aromatic carbocycles. The van der Waals surface area contributed by atoms with Crippen molar-refractivity contribution in [3.63, 3.8) is 0 Å². The fourth-order valence-corrected chi connectivity index (χ4v) is 3.07. The van der Waals surface area contributed by atoms with Crippen molar-refractivity contribution in [2.45, 2.75) is 44.8 Å². The minimum absolute atomic E-state index is 0.161. The minimum Gasteiger partial charge on any atom is -0.381 e. The first-order valence-electron chi connectivity index (χ1n) is 8.57. The molecule has 2 N–H and O–H groups in total. The number of hydrogen-bond donors (Lipinski definition) is 1. The van der Waals surface area contributed by atoms with Crippen LogP contribution in [0.25, 0.3) is 11.4 Å². The van der Waals surface area contributed by atoms with E-state index in [0.29, 0.717) is 24.3 Å². The van der Waals surface area contributed by atoms with E-state index < -0.39 is 0 Å². The number of hydrogen-bond acceptors (Lipinski definition) is 6. The average Bonchev–Trinajstić information content (AvgIpc) is 3.04. The SMILES string of the molecule is CC(N)Cc1ccc(-c2noc(CN(C)C3CCOCC3)n2)cc1. The van der Waals surface area contributed by atoms with Gasteiger partial charge < -0.3 is 15.0 Å². The summed E-state index contributed by atoms with van der Waals surface area (Å²) in [5.41, 5.74) is 8.02. The average molecular weight is 330 g/mol. The fraction of sp³-hybridized carbons (Fsp3) is 0.556. The second kappa shape index (κ2) is 7.88. The van der Waals surface area contributed by atoms with Crippen molar-refractivity contribution in [3.8, 4) is 11.4 Å². The van der Waals surface area contributed by atoms with Gasteiger partial charge in [-0.3, -0.25) is 4.90 Å². The smallest absolute Gasteiger partial charge is 0.241 e. The summed E-state index contributed by atoms with van der Waals surface area (Å²) in [6.45, 7) is 4.34. The van der Waals surface area contributed by atoms with Crippen molar-refractivity contribution in [2.24, 2.45) is 5.73 Å². The molecule has 1 unspecified atom stereocenters. The number of nitrogens with zero attached hydrogens (tertiary/aromatic N) is 3. The molecule has 1 saturated heterocycles. The summed E-state index contributed by atoms with van der Waals surface area (Å²) in [5.74, 6) is 1.29. The number of benzene rings is 1. The van der Waals surface area contributed by atoms with Crippen LogP contribution in [0, 0.1) is 0 Å². The van der Waals surface area contributed by atoms with Gasteiger partial charge in [-0.1, -0.05) is 29.4 Å². The summed E-state index contributed by atoms with van der Waals surface area (Å²) in [6.07, 6.45) is 2.98. The summed E-state index contributed by atoms with van der Waals surface area (Å²) in [6, 6.07) is 8.87. The number of ether oxygens (including phenoxy) is 1. The van der Waals surface area contributed by atoms with Crippen LogP contribution in [0.2, 0.25) is 0 Å². The van der Waals surface area contributed by atoms with E-state index >= 15 is 0 Å². The van der Waals surface area contributed by atoms with Gasteiger partial charge in [0, 0.05) is 30.9 Å². The molecule has 1 aliphatic heterocycles. The van der Waals surface area contributed by atoms with Crippen molar-refractivity contribution in [3.05, 3.63) is 35.7 Å². The second-order valence-electron chi connectivity index (χ2n) is 6.65. The van der Waals surface area contributed by atoms with E-state index in [1.807, 2.05) is 19.1 Å². The van der Waals surface area contributed by atoms with Gasteiger partial charge >= 0.3 is 0 Å². The maximum atomic E-state index is 5.83. The lowest BCUT2D eigenvalue weighted by Crippen LogP contribution is -2.36. The Labute approximate surface area is 143 Å². The molecule has 3 rings (SSSR count). The van der Waals surface area contributed by atoms with E-state index in [1.54, 1.807) is 0 Å². The van der Waals surface area contributed by atoms with Crippen LogP contribution in [0.3, 0.4) is 0 Å². The standard InChI is InChI=1S/C18H26N4O2/c1-13(19)11-14-3-5-15(6-4-14)18-20-17(24-21-18)12-22(2)16-7-9-23-10-8-16/h3-6,13,16H,7-12,19H2,1-2H3. The molecule has 1 atom stereocenters. The molecule has 0 aliphatic carbocycles. The molecular weight excluding hydrogens is 304 g/mol. The Morgan fingerprint density at radius 1 is 1.25 bits per heavy atom. The van der Waals surface area contributed by atoms with Crippen molar-refractivity contribution in [2.75, 3.05) is 20.3 Å². The summed E-state index contributed by atoms with van der Waals surface area (Å²) in [5, 5.41) is 4.11. The molecule has 0 radical (unpaired) electrons. The van der Waals surface area contributed by atoms with Crippen LogP contribution in [-0.2, 0) is 17.7 Å². The maximum absolute atomic E-state index is 5.83. The molecule has 2 heterocycles. The summed E-state index contributed by atoms with van der Waals surface area (Å²) in [4.78, 5) is 6.80. The van der Waals surface area contributed by atoms with Gasteiger partial charge in [-0.25, -0.2) is 0 Å². The van der Waals surface area contributed by atoms with Gasteiger partial charge in [-0.2, -0.15) is 4.98 Å². The Morgan fingerprint density at radius 3 is 2.62 bits per heavy atom. The Kier molecular flexibility index (Phi) is 5.60. The van der Waals surface area contributed by atoms with Gasteiger partial charge in [-0.05, 0) is 38.8 Å². The predicted molar refractivity (Wildman–Crippen MR) is 92.4 cm³/mol. The summed E-state index contributed by atoms with van der Waals surface area (Å²) in [7, 11) is 2.10. The molecule has 6 heteroatoms. The summed E-state index contributed by atoms with van der Waals surface area (Å²) < 4.78 is 10.8. The van der Waals surface area contributed by atoms with Gasteiger partial charge in [0.25, 0.3) is 0 Å². The molecule has 130 valence electrons. The monoisotopic (exact) mass is 330 g/mol. The molecule has 6 nitrogen and oxygen atoms in total. The lowest BCUT2D eigenvalue weighted by Gasteiger charge is -2.29. The van der Waals surface area contributed by atoms with Crippen LogP contribution < -0.4 is 5.73 Å². The van der Waals surface area contributed by atoms with E-state index in [9.17, 15) is 0 Å². The summed E-state index contributed by atoms with van der Waals surface area (Å²) >= 11 is 0. The van der Waals surface area contributed by atoms with E-state index in [1.165, 1.54) is 5.56 Å². The molecular formula is C18H26N4O2. The van der Waals surface area contributed by atoms with Crippen molar-refractivity contribution < 1.29 is 9.26 Å². The highest BCUT2D eigenvalue weighted by molar-refractivity contribution is 5.54. The van der Waals surface area contributed by atoms with Crippen molar-refractivity contribution >= 4 is 0 Å². The number of rotatable bonds is 6. The topological polar surface area (TPSA) is 77.4 Å². The van der Waals surface area contributed by atoms with E-state index in [2.05, 4.69) is 34.2 Å². The molecule has 1 aromatic heterocycles. The lowest BCUT2D eigenvalue weighted by molar-refractivity contribution is 0.0376. The van der Waals surface area contributed by atoms with Crippen LogP contribution in [0.15, 0.2) is 28.8 Å². The van der Waals surface area contributed by atoms with Gasteiger partial charge in [0.2, 0.25) is 11.7 Å². The molecule has 0 bridgehead atoms. The normalized spacial score (nSPS) is 17.3. The highest BCUT2D eigenvalue weighted by Gasteiger charge is 2.20. The largest absolute Gasteiger partial charge is 0.381 e. The zero-order valence-electron chi connectivity index (χ0n) is 14.4. The number of aromatic nitrogens is 2. The molecule has 0 spiro atoms. The van der Waals surface area contributed by atoms with Crippen molar-refractivity contribution in [1.29, 1.82) is 0 Å². The molecule has 0 saturated carbocycles. The zero-order valence-corrected chi connectivity index (χ0v) is 14.4. The predicted octanol–water partition coefficient (Wildman–Crippen LogP) is 2.24. The van der Waals surface area contributed by atoms with Crippen LogP contribution in [0.4, 0.5) is 0 Å². The maximum Gasteiger partial charge on any atom is 0.241 e. The Morgan fingerprint density at radius 2 is 1.96 bits per heavy atom. The zero-order chi connectivity index (χ0) is 16.9. The Balaban J connectivity index is 1.62. The highest BCUT2D eigenvalue weighted by atomic mass is 16.5. The van der Waals surface area contributed by atoms with Gasteiger partial charge in [0.15, 0.2) is 0 Å². The Bertz CT molecular complexity index is 633. The Hall–Kier alpha value is -1.76.